The van der Waals surface area contributed by atoms with Gasteiger partial charge in [-0.2, -0.15) is 0 Å². The zero-order valence-electron chi connectivity index (χ0n) is 19.9. The lowest BCUT2D eigenvalue weighted by molar-refractivity contribution is -0.117. The van der Waals surface area contributed by atoms with Crippen LogP contribution in [-0.2, 0) is 14.3 Å². The number of carbonyl (C=O) groups is 1. The van der Waals surface area contributed by atoms with Gasteiger partial charge in [-0.25, -0.2) is 0 Å². The molecule has 0 spiro atoms. The van der Waals surface area contributed by atoms with Crippen molar-refractivity contribution in [3.05, 3.63) is 89.2 Å². The number of ether oxygens (including phenoxy) is 2. The molecular weight excluding hydrogens is 440 g/mol. The summed E-state index contributed by atoms with van der Waals surface area (Å²) >= 11 is 0. The van der Waals surface area contributed by atoms with E-state index in [2.05, 4.69) is 11.4 Å². The molecule has 6 nitrogen and oxygen atoms in total. The van der Waals surface area contributed by atoms with E-state index in [9.17, 15) is 9.59 Å². The normalized spacial score (nSPS) is 19.2. The number of amides is 1. The summed E-state index contributed by atoms with van der Waals surface area (Å²) in [6, 6.07) is 7.01. The SMILES string of the molecule is O=C(CC1CCCCCC1)Nc1cccc2c(=O)n(C(C3=CC=CCC3)C3=COC=CO3)ccc12. The number of pyridine rings is 1. The summed E-state index contributed by atoms with van der Waals surface area (Å²) in [6.07, 6.45) is 21.9. The number of anilines is 1. The standard InChI is InChI=1S/C29H32N2O4/c32-27(19-21-9-4-1-2-5-10-21)30-25-14-8-13-24-23(25)15-16-31(29(24)33)28(22-11-6-3-7-12-22)26-20-34-17-18-35-26/h3,6,8,11,13-18,20-21,28H,1-2,4-5,7,9-10,12,19H2,(H,30,32). The van der Waals surface area contributed by atoms with Crippen LogP contribution in [0.4, 0.5) is 5.69 Å². The first-order valence-corrected chi connectivity index (χ1v) is 12.7. The molecule has 5 rings (SSSR count). The molecule has 1 atom stereocenters. The highest BCUT2D eigenvalue weighted by Crippen LogP contribution is 2.33. The average Bonchev–Trinajstić information content (AvgIpc) is 3.16. The van der Waals surface area contributed by atoms with Crippen molar-refractivity contribution in [2.45, 2.75) is 63.8 Å². The van der Waals surface area contributed by atoms with E-state index in [1.165, 1.54) is 38.2 Å². The van der Waals surface area contributed by atoms with E-state index in [-0.39, 0.29) is 11.5 Å². The Labute approximate surface area is 205 Å². The third kappa shape index (κ3) is 5.26. The molecule has 1 saturated carbocycles. The van der Waals surface area contributed by atoms with Crippen LogP contribution >= 0.6 is 0 Å². The van der Waals surface area contributed by atoms with Crippen LogP contribution in [0.1, 0.15) is 63.8 Å². The lowest BCUT2D eigenvalue weighted by Crippen LogP contribution is -2.28. The number of hydrogen-bond acceptors (Lipinski definition) is 4. The van der Waals surface area contributed by atoms with Crippen LogP contribution in [0.5, 0.6) is 0 Å². The summed E-state index contributed by atoms with van der Waals surface area (Å²) in [5, 5.41) is 4.39. The summed E-state index contributed by atoms with van der Waals surface area (Å²) in [5.74, 6) is 1.03. The van der Waals surface area contributed by atoms with Crippen molar-refractivity contribution in [1.82, 2.24) is 4.57 Å². The van der Waals surface area contributed by atoms with Gasteiger partial charge in [0.05, 0.1) is 0 Å². The fraction of sp³-hybridized carbons (Fsp3) is 0.379. The molecule has 1 N–H and O–H groups in total. The first kappa shape index (κ1) is 23.2. The predicted octanol–water partition coefficient (Wildman–Crippen LogP) is 6.48. The average molecular weight is 473 g/mol. The molecule has 35 heavy (non-hydrogen) atoms. The van der Waals surface area contributed by atoms with Gasteiger partial charge in [-0.15, -0.1) is 0 Å². The maximum Gasteiger partial charge on any atom is 0.259 e. The maximum atomic E-state index is 13.7. The number of fused-ring (bicyclic) bond motifs is 1. The van der Waals surface area contributed by atoms with E-state index >= 15 is 0 Å². The van der Waals surface area contributed by atoms with E-state index in [0.717, 1.165) is 36.6 Å². The molecule has 1 aliphatic heterocycles. The van der Waals surface area contributed by atoms with Gasteiger partial charge in [0.1, 0.15) is 24.8 Å². The Morgan fingerprint density at radius 1 is 1.09 bits per heavy atom. The van der Waals surface area contributed by atoms with E-state index in [1.54, 1.807) is 17.0 Å². The van der Waals surface area contributed by atoms with Crippen LogP contribution < -0.4 is 10.9 Å². The molecule has 1 unspecified atom stereocenters. The van der Waals surface area contributed by atoms with Gasteiger partial charge >= 0.3 is 0 Å². The van der Waals surface area contributed by atoms with Crippen molar-refractivity contribution >= 4 is 22.4 Å². The molecule has 1 fully saturated rings. The van der Waals surface area contributed by atoms with Gasteiger partial charge in [0.2, 0.25) is 5.91 Å². The van der Waals surface area contributed by atoms with Crippen LogP contribution in [0.2, 0.25) is 0 Å². The maximum absolute atomic E-state index is 13.7. The molecule has 1 aromatic heterocycles. The molecule has 0 radical (unpaired) electrons. The van der Waals surface area contributed by atoms with Gasteiger partial charge in [-0.1, -0.05) is 50.0 Å². The smallest absolute Gasteiger partial charge is 0.259 e. The molecule has 0 bridgehead atoms. The van der Waals surface area contributed by atoms with Crippen LogP contribution in [0.3, 0.4) is 0 Å². The third-order valence-electron chi connectivity index (χ3n) is 7.16. The molecule has 0 saturated heterocycles. The Balaban J connectivity index is 1.45. The molecule has 1 aromatic carbocycles. The quantitative estimate of drug-likeness (QED) is 0.489. The molecule has 6 heteroatoms. The summed E-state index contributed by atoms with van der Waals surface area (Å²) < 4.78 is 12.8. The molecular formula is C29H32N2O4. The van der Waals surface area contributed by atoms with Gasteiger partial charge in [0.15, 0.2) is 5.76 Å². The Bertz CT molecular complexity index is 1260. The Morgan fingerprint density at radius 2 is 1.94 bits per heavy atom. The summed E-state index contributed by atoms with van der Waals surface area (Å²) in [4.78, 5) is 26.6. The second-order valence-electron chi connectivity index (χ2n) is 9.56. The lowest BCUT2D eigenvalue weighted by Gasteiger charge is -2.26. The van der Waals surface area contributed by atoms with E-state index in [1.807, 2.05) is 36.4 Å². The van der Waals surface area contributed by atoms with Crippen LogP contribution in [-0.4, -0.2) is 10.5 Å². The molecule has 3 aliphatic rings. The van der Waals surface area contributed by atoms with Crippen molar-refractivity contribution in [1.29, 1.82) is 0 Å². The highest BCUT2D eigenvalue weighted by Gasteiger charge is 2.26. The highest BCUT2D eigenvalue weighted by molar-refractivity contribution is 6.01. The van der Waals surface area contributed by atoms with Crippen LogP contribution in [0.15, 0.2) is 83.6 Å². The summed E-state index contributed by atoms with van der Waals surface area (Å²) in [6.45, 7) is 0. The van der Waals surface area contributed by atoms with Gasteiger partial charge in [0.25, 0.3) is 5.56 Å². The van der Waals surface area contributed by atoms with Crippen molar-refractivity contribution in [3.63, 3.8) is 0 Å². The minimum atomic E-state index is -0.407. The number of allylic oxidation sites excluding steroid dienone is 4. The molecule has 182 valence electrons. The van der Waals surface area contributed by atoms with Gasteiger partial charge in [-0.05, 0) is 55.4 Å². The largest absolute Gasteiger partial charge is 0.466 e. The van der Waals surface area contributed by atoms with E-state index < -0.39 is 6.04 Å². The predicted molar refractivity (Wildman–Crippen MR) is 138 cm³/mol. The zero-order valence-corrected chi connectivity index (χ0v) is 19.9. The Morgan fingerprint density at radius 3 is 2.69 bits per heavy atom. The highest BCUT2D eigenvalue weighted by atomic mass is 16.5. The zero-order chi connectivity index (χ0) is 24.0. The second-order valence-corrected chi connectivity index (χ2v) is 9.56. The number of aromatic nitrogens is 1. The number of carbonyl (C=O) groups excluding carboxylic acids is 1. The second kappa shape index (κ2) is 10.8. The molecule has 2 aliphatic carbocycles. The van der Waals surface area contributed by atoms with E-state index in [0.29, 0.717) is 29.2 Å². The first-order chi connectivity index (χ1) is 17.2. The number of nitrogens with one attached hydrogen (secondary N) is 1. The van der Waals surface area contributed by atoms with Crippen LogP contribution in [0, 0.1) is 5.92 Å². The monoisotopic (exact) mass is 472 g/mol. The van der Waals surface area contributed by atoms with Crippen molar-refractivity contribution < 1.29 is 14.3 Å². The van der Waals surface area contributed by atoms with Crippen LogP contribution in [0.25, 0.3) is 10.8 Å². The van der Waals surface area contributed by atoms with Crippen molar-refractivity contribution in [2.24, 2.45) is 5.92 Å². The van der Waals surface area contributed by atoms with Gasteiger partial charge in [0, 0.05) is 29.1 Å². The number of benzene rings is 1. The summed E-state index contributed by atoms with van der Waals surface area (Å²) in [7, 11) is 0. The topological polar surface area (TPSA) is 69.6 Å². The fourth-order valence-corrected chi connectivity index (χ4v) is 5.39. The molecule has 1 amide bonds. The Kier molecular flexibility index (Phi) is 7.17. The summed E-state index contributed by atoms with van der Waals surface area (Å²) in [5.41, 5.74) is 1.62. The third-order valence-corrected chi connectivity index (χ3v) is 7.16. The van der Waals surface area contributed by atoms with E-state index in [4.69, 9.17) is 9.47 Å². The van der Waals surface area contributed by atoms with Gasteiger partial charge in [-0.3, -0.25) is 9.59 Å². The number of nitrogens with zero attached hydrogens (tertiary/aromatic N) is 1. The minimum Gasteiger partial charge on any atom is -0.466 e. The number of rotatable bonds is 6. The van der Waals surface area contributed by atoms with Gasteiger partial charge < -0.3 is 19.4 Å². The van der Waals surface area contributed by atoms with Crippen molar-refractivity contribution in [3.8, 4) is 0 Å². The molecule has 2 aromatic rings. The molecule has 2 heterocycles. The van der Waals surface area contributed by atoms with Crippen molar-refractivity contribution in [2.75, 3.05) is 5.32 Å². The first-order valence-electron chi connectivity index (χ1n) is 12.7. The lowest BCUT2D eigenvalue weighted by atomic mass is 9.95. The number of hydrogen-bond donors (Lipinski definition) is 1. The fourth-order valence-electron chi connectivity index (χ4n) is 5.39. The Hall–Kier alpha value is -3.54. The minimum absolute atomic E-state index is 0.0234.